The lowest BCUT2D eigenvalue weighted by Crippen LogP contribution is -2.53. The van der Waals surface area contributed by atoms with Gasteiger partial charge in [-0.05, 0) is 61.7 Å². The van der Waals surface area contributed by atoms with E-state index < -0.39 is 12.1 Å². The topological polar surface area (TPSA) is 145 Å². The summed E-state index contributed by atoms with van der Waals surface area (Å²) in [7, 11) is 1.29. The summed E-state index contributed by atoms with van der Waals surface area (Å²) < 4.78 is 21.4. The van der Waals surface area contributed by atoms with E-state index in [9.17, 15) is 9.59 Å². The summed E-state index contributed by atoms with van der Waals surface area (Å²) in [5, 5.41) is 6.30. The van der Waals surface area contributed by atoms with Crippen molar-refractivity contribution in [2.75, 3.05) is 30.4 Å². The lowest BCUT2D eigenvalue weighted by Gasteiger charge is -2.40. The molecule has 0 radical (unpaired) electrons. The van der Waals surface area contributed by atoms with E-state index in [1.807, 2.05) is 54.6 Å². The zero-order chi connectivity index (χ0) is 31.2. The summed E-state index contributed by atoms with van der Waals surface area (Å²) in [5.74, 6) is 0.589. The van der Waals surface area contributed by atoms with Crippen molar-refractivity contribution in [2.24, 2.45) is 0 Å². The number of furan rings is 1. The number of piperidine rings is 1. The number of oxazole rings is 1. The molecule has 0 saturated carbocycles. The average Bonchev–Trinajstić information content (AvgIpc) is 3.78. The Bertz CT molecular complexity index is 1750. The zero-order valence-corrected chi connectivity index (χ0v) is 24.9. The van der Waals surface area contributed by atoms with Crippen molar-refractivity contribution >= 4 is 29.4 Å². The molecule has 0 aliphatic carbocycles. The highest BCUT2D eigenvalue weighted by atomic mass is 16.5. The Kier molecular flexibility index (Phi) is 8.45. The Morgan fingerprint density at radius 1 is 0.978 bits per heavy atom. The quantitative estimate of drug-likeness (QED) is 0.184. The number of aromatic nitrogens is 3. The van der Waals surface area contributed by atoms with Crippen molar-refractivity contribution in [1.82, 2.24) is 20.3 Å². The van der Waals surface area contributed by atoms with Crippen molar-refractivity contribution < 1.29 is 27.9 Å². The highest BCUT2D eigenvalue weighted by molar-refractivity contribution is 5.87. The van der Waals surface area contributed by atoms with Gasteiger partial charge >= 0.3 is 12.1 Å². The number of nitrogens with zero attached hydrogens (tertiary/aromatic N) is 4. The maximum absolute atomic E-state index is 12.5. The van der Waals surface area contributed by atoms with Gasteiger partial charge in [0, 0.05) is 36.2 Å². The van der Waals surface area contributed by atoms with Crippen LogP contribution in [0.2, 0.25) is 0 Å². The summed E-state index contributed by atoms with van der Waals surface area (Å²) in [5.41, 5.74) is 3.44. The molecule has 5 aromatic rings. The molecule has 3 aromatic heterocycles. The Labute approximate surface area is 259 Å². The third-order valence-electron chi connectivity index (χ3n) is 7.68. The van der Waals surface area contributed by atoms with E-state index in [2.05, 4.69) is 37.4 Å². The normalized spacial score (nSPS) is 14.0. The smallest absolute Gasteiger partial charge is 0.407 e. The number of hydrogen-bond acceptors (Lipinski definition) is 11. The van der Waals surface area contributed by atoms with Gasteiger partial charge in [0.1, 0.15) is 12.3 Å². The van der Waals surface area contributed by atoms with E-state index in [1.54, 1.807) is 18.5 Å². The van der Waals surface area contributed by atoms with Gasteiger partial charge in [-0.25, -0.2) is 24.5 Å². The first-order valence-electron chi connectivity index (χ1n) is 14.4. The minimum atomic E-state index is -0.592. The number of anilines is 3. The van der Waals surface area contributed by atoms with Crippen LogP contribution in [0.5, 0.6) is 0 Å². The molecule has 0 bridgehead atoms. The van der Waals surface area contributed by atoms with E-state index in [4.69, 9.17) is 18.3 Å². The molecule has 6 rings (SSSR count). The first-order chi connectivity index (χ1) is 21.9. The Hall–Kier alpha value is -5.65. The van der Waals surface area contributed by atoms with Crippen molar-refractivity contribution in [1.29, 1.82) is 0 Å². The molecule has 1 aliphatic heterocycles. The fourth-order valence-electron chi connectivity index (χ4n) is 5.11. The summed E-state index contributed by atoms with van der Waals surface area (Å²) in [6.45, 7) is 3.87. The van der Waals surface area contributed by atoms with Crippen molar-refractivity contribution in [3.63, 3.8) is 0 Å². The molecule has 1 saturated heterocycles. The minimum Gasteiger partial charge on any atom is -0.463 e. The predicted molar refractivity (Wildman–Crippen MR) is 166 cm³/mol. The Morgan fingerprint density at radius 3 is 2.47 bits per heavy atom. The van der Waals surface area contributed by atoms with Crippen LogP contribution in [-0.2, 0) is 16.1 Å². The van der Waals surface area contributed by atoms with E-state index in [-0.39, 0.29) is 17.9 Å². The van der Waals surface area contributed by atoms with Crippen LogP contribution in [0, 0.1) is 0 Å². The number of ether oxygens (including phenoxy) is 2. The van der Waals surface area contributed by atoms with Gasteiger partial charge in [0.05, 0.1) is 18.9 Å². The third-order valence-corrected chi connectivity index (χ3v) is 7.68. The number of rotatable bonds is 9. The Balaban J connectivity index is 1.08. The number of carbonyl (C=O) groups excluding carboxylic acids is 2. The van der Waals surface area contributed by atoms with Gasteiger partial charge in [-0.15, -0.1) is 0 Å². The molecular formula is C33H32N6O6. The van der Waals surface area contributed by atoms with Crippen LogP contribution < -0.4 is 15.5 Å². The average molecular weight is 609 g/mol. The van der Waals surface area contributed by atoms with Crippen molar-refractivity contribution in [2.45, 2.75) is 31.9 Å². The van der Waals surface area contributed by atoms with Crippen molar-refractivity contribution in [3.8, 4) is 22.8 Å². The van der Waals surface area contributed by atoms with Crippen LogP contribution in [0.25, 0.3) is 22.8 Å². The number of benzene rings is 2. The van der Waals surface area contributed by atoms with Gasteiger partial charge in [0.15, 0.2) is 17.9 Å². The molecule has 45 heavy (non-hydrogen) atoms. The second-order valence-electron chi connectivity index (χ2n) is 10.9. The number of amides is 1. The van der Waals surface area contributed by atoms with Gasteiger partial charge in [0.2, 0.25) is 11.7 Å². The molecule has 4 heterocycles. The van der Waals surface area contributed by atoms with Crippen LogP contribution in [-0.4, -0.2) is 52.8 Å². The van der Waals surface area contributed by atoms with Crippen LogP contribution in [0.1, 0.15) is 35.9 Å². The molecule has 12 nitrogen and oxygen atoms in total. The number of alkyl carbamates (subject to hydrolysis) is 1. The molecule has 1 amide bonds. The number of nitrogens with one attached hydrogen (secondary N) is 2. The minimum absolute atomic E-state index is 0.0523. The molecule has 1 aliphatic rings. The van der Waals surface area contributed by atoms with Gasteiger partial charge in [-0.1, -0.05) is 30.3 Å². The zero-order valence-electron chi connectivity index (χ0n) is 24.9. The standard InChI is InChI=1S/C33H32N6O6/c1-33(38-32(41)43-20-22-6-4-3-5-7-22)14-16-39(17-15-33)24-10-8-23(9-11-24)36-31-35-18-25(28-19-34-21-44-28)29(37-31)26-12-13-27(45-26)30(40)42-2/h3-13,18-19,21H,14-17,20H2,1-2H3,(H,38,41)(H,35,36,37). The summed E-state index contributed by atoms with van der Waals surface area (Å²) in [6, 6.07) is 20.8. The number of esters is 1. The van der Waals surface area contributed by atoms with Crippen LogP contribution in [0.15, 0.2) is 94.4 Å². The highest BCUT2D eigenvalue weighted by Crippen LogP contribution is 2.33. The van der Waals surface area contributed by atoms with Crippen LogP contribution in [0.4, 0.5) is 22.1 Å². The lowest BCUT2D eigenvalue weighted by molar-refractivity contribution is 0.0566. The first-order valence-corrected chi connectivity index (χ1v) is 14.4. The number of methoxy groups -OCH3 is 1. The highest BCUT2D eigenvalue weighted by Gasteiger charge is 2.32. The molecule has 12 heteroatoms. The Morgan fingerprint density at radius 2 is 1.76 bits per heavy atom. The third kappa shape index (κ3) is 6.96. The SMILES string of the molecule is COC(=O)c1ccc(-c2nc(Nc3ccc(N4CCC(C)(NC(=O)OCc5ccccc5)CC4)cc3)ncc2-c2cnco2)o1. The fraction of sp³-hybridized carbons (Fsp3) is 0.242. The maximum atomic E-state index is 12.5. The molecular weight excluding hydrogens is 576 g/mol. The molecule has 0 spiro atoms. The molecule has 2 N–H and O–H groups in total. The lowest BCUT2D eigenvalue weighted by atomic mass is 9.89. The predicted octanol–water partition coefficient (Wildman–Crippen LogP) is 6.21. The van der Waals surface area contributed by atoms with Crippen LogP contribution >= 0.6 is 0 Å². The number of carbonyl (C=O) groups is 2. The summed E-state index contributed by atoms with van der Waals surface area (Å²) in [6.07, 6.45) is 5.64. The largest absolute Gasteiger partial charge is 0.463 e. The molecule has 230 valence electrons. The fourth-order valence-corrected chi connectivity index (χ4v) is 5.11. The first kappa shape index (κ1) is 29.4. The van der Waals surface area contributed by atoms with Gasteiger partial charge in [-0.3, -0.25) is 0 Å². The van der Waals surface area contributed by atoms with Crippen LogP contribution in [0.3, 0.4) is 0 Å². The number of hydrogen-bond donors (Lipinski definition) is 2. The van der Waals surface area contributed by atoms with Crippen molar-refractivity contribution in [3.05, 3.63) is 96.8 Å². The van der Waals surface area contributed by atoms with Gasteiger partial charge in [0.25, 0.3) is 0 Å². The summed E-state index contributed by atoms with van der Waals surface area (Å²) >= 11 is 0. The summed E-state index contributed by atoms with van der Waals surface area (Å²) in [4.78, 5) is 39.8. The molecule has 1 fully saturated rings. The van der Waals surface area contributed by atoms with Gasteiger partial charge in [-0.2, -0.15) is 0 Å². The second kappa shape index (κ2) is 12.9. The molecule has 0 atom stereocenters. The van der Waals surface area contributed by atoms with E-state index in [1.165, 1.54) is 19.6 Å². The second-order valence-corrected chi connectivity index (χ2v) is 10.9. The maximum Gasteiger partial charge on any atom is 0.407 e. The monoisotopic (exact) mass is 608 g/mol. The van der Waals surface area contributed by atoms with E-state index in [0.29, 0.717) is 28.7 Å². The molecule has 0 unspecified atom stereocenters. The molecule has 2 aromatic carbocycles. The van der Waals surface area contributed by atoms with E-state index in [0.717, 1.165) is 42.9 Å². The van der Waals surface area contributed by atoms with Gasteiger partial charge < -0.3 is 33.8 Å². The van der Waals surface area contributed by atoms with E-state index >= 15 is 0 Å².